The summed E-state index contributed by atoms with van der Waals surface area (Å²) in [5, 5.41) is 11.4. The van der Waals surface area contributed by atoms with E-state index >= 15 is 0 Å². The second-order valence-electron chi connectivity index (χ2n) is 5.04. The van der Waals surface area contributed by atoms with E-state index in [1.54, 1.807) is 12.1 Å². The molecule has 1 aromatic rings. The number of aliphatic hydroxyl groups is 1. The maximum absolute atomic E-state index is 13.2. The molecule has 5 heteroatoms. The molecule has 20 heavy (non-hydrogen) atoms. The molecule has 0 bridgehead atoms. The summed E-state index contributed by atoms with van der Waals surface area (Å²) in [5.41, 5.74) is 0.222. The van der Waals surface area contributed by atoms with Crippen molar-refractivity contribution in [2.45, 2.75) is 24.7 Å². The Bertz CT molecular complexity index is 460. The number of carbonyl (C=O) groups is 1. The Morgan fingerprint density at radius 1 is 1.40 bits per heavy atom. The second kappa shape index (κ2) is 6.81. The largest absolute Gasteiger partial charge is 0.394 e. The van der Waals surface area contributed by atoms with E-state index in [1.807, 2.05) is 0 Å². The highest BCUT2D eigenvalue weighted by Gasteiger charge is 2.51. The Balaban J connectivity index is 1.80. The SMILES string of the molecule is O=C(NCCCOCCO)C1(c2cccc(F)c2)CC1. The molecule has 0 aromatic heterocycles. The minimum atomic E-state index is -0.534. The molecule has 2 N–H and O–H groups in total. The highest BCUT2D eigenvalue weighted by atomic mass is 19.1. The van der Waals surface area contributed by atoms with E-state index in [4.69, 9.17) is 9.84 Å². The first-order valence-corrected chi connectivity index (χ1v) is 6.92. The van der Waals surface area contributed by atoms with Gasteiger partial charge in [-0.15, -0.1) is 0 Å². The van der Waals surface area contributed by atoms with Crippen LogP contribution < -0.4 is 5.32 Å². The van der Waals surface area contributed by atoms with Gasteiger partial charge in [-0.1, -0.05) is 12.1 Å². The van der Waals surface area contributed by atoms with Crippen LogP contribution in [0.25, 0.3) is 0 Å². The fraction of sp³-hybridized carbons (Fsp3) is 0.533. The van der Waals surface area contributed by atoms with Crippen molar-refractivity contribution in [1.29, 1.82) is 0 Å². The van der Waals surface area contributed by atoms with Gasteiger partial charge in [-0.25, -0.2) is 4.39 Å². The van der Waals surface area contributed by atoms with Crippen LogP contribution in [0.1, 0.15) is 24.8 Å². The molecule has 1 fully saturated rings. The number of amides is 1. The van der Waals surface area contributed by atoms with Crippen molar-refractivity contribution in [3.05, 3.63) is 35.6 Å². The van der Waals surface area contributed by atoms with Gasteiger partial charge in [0.2, 0.25) is 5.91 Å². The lowest BCUT2D eigenvalue weighted by Crippen LogP contribution is -2.35. The molecule has 4 nitrogen and oxygen atoms in total. The summed E-state index contributed by atoms with van der Waals surface area (Å²) in [6, 6.07) is 6.27. The molecule has 2 rings (SSSR count). The average Bonchev–Trinajstić information content (AvgIpc) is 3.24. The van der Waals surface area contributed by atoms with Crippen LogP contribution in [-0.2, 0) is 14.9 Å². The zero-order valence-corrected chi connectivity index (χ0v) is 11.4. The number of nitrogens with one attached hydrogen (secondary N) is 1. The van der Waals surface area contributed by atoms with Crippen LogP contribution in [0.5, 0.6) is 0 Å². The monoisotopic (exact) mass is 281 g/mol. The maximum Gasteiger partial charge on any atom is 0.230 e. The fourth-order valence-corrected chi connectivity index (χ4v) is 2.27. The molecule has 0 atom stereocenters. The van der Waals surface area contributed by atoms with Gasteiger partial charge in [0.15, 0.2) is 0 Å². The van der Waals surface area contributed by atoms with Gasteiger partial charge >= 0.3 is 0 Å². The Hall–Kier alpha value is -1.46. The van der Waals surface area contributed by atoms with Crippen LogP contribution in [0.15, 0.2) is 24.3 Å². The van der Waals surface area contributed by atoms with Crippen molar-refractivity contribution < 1.29 is 19.0 Å². The summed E-state index contributed by atoms with van der Waals surface area (Å²) in [5.74, 6) is -0.343. The number of aliphatic hydroxyl groups excluding tert-OH is 1. The summed E-state index contributed by atoms with van der Waals surface area (Å²) in [6.45, 7) is 1.37. The van der Waals surface area contributed by atoms with Crippen LogP contribution in [0, 0.1) is 5.82 Å². The van der Waals surface area contributed by atoms with Crippen LogP contribution in [-0.4, -0.2) is 37.4 Å². The predicted molar refractivity (Wildman–Crippen MR) is 72.8 cm³/mol. The number of halogens is 1. The molecule has 0 unspecified atom stereocenters. The van der Waals surface area contributed by atoms with Crippen molar-refractivity contribution >= 4 is 5.91 Å². The lowest BCUT2D eigenvalue weighted by atomic mass is 9.95. The zero-order chi connectivity index (χ0) is 14.4. The third-order valence-corrected chi connectivity index (χ3v) is 3.55. The minimum absolute atomic E-state index is 0.00897. The maximum atomic E-state index is 13.2. The van der Waals surface area contributed by atoms with Crippen molar-refractivity contribution in [2.75, 3.05) is 26.4 Å². The van der Waals surface area contributed by atoms with Gasteiger partial charge in [0.05, 0.1) is 18.6 Å². The number of hydrogen-bond acceptors (Lipinski definition) is 3. The van der Waals surface area contributed by atoms with E-state index in [1.165, 1.54) is 12.1 Å². The van der Waals surface area contributed by atoms with E-state index < -0.39 is 5.41 Å². The molecule has 1 aromatic carbocycles. The predicted octanol–water partition coefficient (Wildman–Crippen LogP) is 1.37. The lowest BCUT2D eigenvalue weighted by Gasteiger charge is -2.15. The molecule has 1 aliphatic carbocycles. The van der Waals surface area contributed by atoms with E-state index in [-0.39, 0.29) is 18.3 Å². The molecule has 1 amide bonds. The first kappa shape index (κ1) is 14.9. The van der Waals surface area contributed by atoms with E-state index in [0.29, 0.717) is 26.2 Å². The van der Waals surface area contributed by atoms with Gasteiger partial charge in [0.25, 0.3) is 0 Å². The molecule has 0 heterocycles. The molecule has 110 valence electrons. The molecule has 1 saturated carbocycles. The molecule has 0 aliphatic heterocycles. The molecule has 0 saturated heterocycles. The number of hydrogen-bond donors (Lipinski definition) is 2. The normalized spacial score (nSPS) is 15.9. The summed E-state index contributed by atoms with van der Waals surface area (Å²) in [4.78, 5) is 12.2. The van der Waals surface area contributed by atoms with Gasteiger partial charge in [-0.2, -0.15) is 0 Å². The first-order valence-electron chi connectivity index (χ1n) is 6.92. The Kier molecular flexibility index (Phi) is 5.09. The molecule has 0 spiro atoms. The van der Waals surface area contributed by atoms with Gasteiger partial charge in [0.1, 0.15) is 5.82 Å². The number of rotatable bonds is 8. The average molecular weight is 281 g/mol. The second-order valence-corrected chi connectivity index (χ2v) is 5.04. The number of benzene rings is 1. The topological polar surface area (TPSA) is 58.6 Å². The number of ether oxygens (including phenoxy) is 1. The summed E-state index contributed by atoms with van der Waals surface area (Å²) < 4.78 is 18.4. The zero-order valence-electron chi connectivity index (χ0n) is 11.4. The molecule has 0 radical (unpaired) electrons. The van der Waals surface area contributed by atoms with Crippen LogP contribution >= 0.6 is 0 Å². The highest BCUT2D eigenvalue weighted by Crippen LogP contribution is 2.48. The van der Waals surface area contributed by atoms with Crippen molar-refractivity contribution in [1.82, 2.24) is 5.32 Å². The van der Waals surface area contributed by atoms with E-state index in [2.05, 4.69) is 5.32 Å². The van der Waals surface area contributed by atoms with Crippen LogP contribution in [0.2, 0.25) is 0 Å². The minimum Gasteiger partial charge on any atom is -0.394 e. The van der Waals surface area contributed by atoms with Gasteiger partial charge in [0, 0.05) is 13.2 Å². The number of carbonyl (C=O) groups excluding carboxylic acids is 1. The quantitative estimate of drug-likeness (QED) is 0.708. The van der Waals surface area contributed by atoms with Gasteiger partial charge in [-0.05, 0) is 37.0 Å². The van der Waals surface area contributed by atoms with Crippen LogP contribution in [0.3, 0.4) is 0 Å². The van der Waals surface area contributed by atoms with Gasteiger partial charge in [-0.3, -0.25) is 4.79 Å². The lowest BCUT2D eigenvalue weighted by molar-refractivity contribution is -0.123. The molecule has 1 aliphatic rings. The van der Waals surface area contributed by atoms with Gasteiger partial charge < -0.3 is 15.2 Å². The summed E-state index contributed by atoms with van der Waals surface area (Å²) in [7, 11) is 0. The summed E-state index contributed by atoms with van der Waals surface area (Å²) in [6.07, 6.45) is 2.23. The Morgan fingerprint density at radius 3 is 2.85 bits per heavy atom. The van der Waals surface area contributed by atoms with Crippen molar-refractivity contribution in [2.24, 2.45) is 0 Å². The highest BCUT2D eigenvalue weighted by molar-refractivity contribution is 5.91. The molecular weight excluding hydrogens is 261 g/mol. The van der Waals surface area contributed by atoms with Crippen LogP contribution in [0.4, 0.5) is 4.39 Å². The standard InChI is InChI=1S/C15H20FNO3/c16-13-4-1-3-12(11-13)15(5-6-15)14(19)17-7-2-9-20-10-8-18/h1,3-4,11,18H,2,5-10H2,(H,17,19). The Labute approximate surface area is 117 Å². The first-order chi connectivity index (χ1) is 9.69. The molecular formula is C15H20FNO3. The fourth-order valence-electron chi connectivity index (χ4n) is 2.27. The van der Waals surface area contributed by atoms with E-state index in [9.17, 15) is 9.18 Å². The Morgan fingerprint density at radius 2 is 2.20 bits per heavy atom. The third-order valence-electron chi connectivity index (χ3n) is 3.55. The van der Waals surface area contributed by atoms with Crippen molar-refractivity contribution in [3.8, 4) is 0 Å². The smallest absolute Gasteiger partial charge is 0.230 e. The summed E-state index contributed by atoms with van der Waals surface area (Å²) >= 11 is 0. The van der Waals surface area contributed by atoms with Crippen molar-refractivity contribution in [3.63, 3.8) is 0 Å². The van der Waals surface area contributed by atoms with E-state index in [0.717, 1.165) is 18.4 Å². The third kappa shape index (κ3) is 3.55.